The third kappa shape index (κ3) is 6.12. The minimum absolute atomic E-state index is 0.00260. The van der Waals surface area contributed by atoms with Gasteiger partial charge < -0.3 is 25.0 Å². The smallest absolute Gasteiger partial charge is 0.305 e. The molecule has 0 spiro atoms. The summed E-state index contributed by atoms with van der Waals surface area (Å²) in [5, 5.41) is 12.4. The van der Waals surface area contributed by atoms with Gasteiger partial charge in [-0.1, -0.05) is 19.3 Å². The second kappa shape index (κ2) is 12.1. The number of carboxylic acid groups (broad SMARTS) is 1. The number of nitrogens with one attached hydrogen (secondary N) is 1. The molecule has 2 N–H and O–H groups in total. The predicted molar refractivity (Wildman–Crippen MR) is 136 cm³/mol. The van der Waals surface area contributed by atoms with Crippen molar-refractivity contribution in [1.82, 2.24) is 15.1 Å². The van der Waals surface area contributed by atoms with Crippen molar-refractivity contribution in [2.45, 2.75) is 50.7 Å². The molecule has 0 aromatic heterocycles. The fourth-order valence-corrected chi connectivity index (χ4v) is 5.31. The quantitative estimate of drug-likeness (QED) is 0.546. The molecule has 2 aromatic rings. The van der Waals surface area contributed by atoms with Crippen LogP contribution in [0.15, 0.2) is 48.5 Å². The highest BCUT2D eigenvalue weighted by Crippen LogP contribution is 2.29. The zero-order chi connectivity index (χ0) is 27.2. The molecule has 1 aliphatic heterocycles. The van der Waals surface area contributed by atoms with Gasteiger partial charge >= 0.3 is 5.97 Å². The highest BCUT2D eigenvalue weighted by molar-refractivity contribution is 6.02. The molecule has 38 heavy (non-hydrogen) atoms. The van der Waals surface area contributed by atoms with Crippen molar-refractivity contribution >= 4 is 23.7 Å². The number of ether oxygens (including phenoxy) is 1. The first-order valence-electron chi connectivity index (χ1n) is 12.8. The number of nitrogens with zero attached hydrogens (tertiary/aromatic N) is 2. The van der Waals surface area contributed by atoms with Crippen LogP contribution in [0.4, 0.5) is 4.39 Å². The van der Waals surface area contributed by atoms with E-state index in [-0.39, 0.29) is 31.0 Å². The average molecular weight is 526 g/mol. The lowest BCUT2D eigenvalue weighted by molar-refractivity contribution is -0.138. The number of rotatable bonds is 8. The van der Waals surface area contributed by atoms with E-state index < -0.39 is 41.7 Å². The molecule has 2 atom stereocenters. The van der Waals surface area contributed by atoms with E-state index in [1.165, 1.54) is 29.0 Å². The van der Waals surface area contributed by atoms with Gasteiger partial charge in [-0.2, -0.15) is 0 Å². The summed E-state index contributed by atoms with van der Waals surface area (Å²) in [4.78, 5) is 54.9. The molecule has 202 valence electrons. The van der Waals surface area contributed by atoms with Crippen molar-refractivity contribution in [2.75, 3.05) is 20.2 Å². The number of hydrogen-bond donors (Lipinski definition) is 2. The molecule has 2 unspecified atom stereocenters. The SMILES string of the molecule is COc1ccc(C(=O)N2CCN(C(=O)c3ccc(F)cc3)C2C(=O)NC(CC(=O)O)C2CCCCC2)cc1. The van der Waals surface area contributed by atoms with Crippen LogP contribution in [0.5, 0.6) is 5.75 Å². The summed E-state index contributed by atoms with van der Waals surface area (Å²) in [5.74, 6) is -2.56. The maximum absolute atomic E-state index is 13.8. The van der Waals surface area contributed by atoms with Crippen LogP contribution in [-0.4, -0.2) is 71.0 Å². The number of hydrogen-bond acceptors (Lipinski definition) is 5. The molecule has 10 heteroatoms. The Bertz CT molecular complexity index is 1160. The first-order valence-corrected chi connectivity index (χ1v) is 12.8. The highest BCUT2D eigenvalue weighted by atomic mass is 19.1. The van der Waals surface area contributed by atoms with Crippen LogP contribution in [0, 0.1) is 11.7 Å². The minimum Gasteiger partial charge on any atom is -0.497 e. The van der Waals surface area contributed by atoms with E-state index in [0.29, 0.717) is 11.3 Å². The Morgan fingerprint density at radius 3 is 1.95 bits per heavy atom. The summed E-state index contributed by atoms with van der Waals surface area (Å²) in [7, 11) is 1.51. The van der Waals surface area contributed by atoms with E-state index in [0.717, 1.165) is 44.2 Å². The average Bonchev–Trinajstić information content (AvgIpc) is 3.38. The van der Waals surface area contributed by atoms with Crippen molar-refractivity contribution in [3.05, 3.63) is 65.5 Å². The molecule has 2 aliphatic rings. The maximum Gasteiger partial charge on any atom is 0.305 e. The van der Waals surface area contributed by atoms with Crippen LogP contribution in [-0.2, 0) is 9.59 Å². The molecule has 1 saturated carbocycles. The topological polar surface area (TPSA) is 116 Å². The van der Waals surface area contributed by atoms with Gasteiger partial charge in [0.2, 0.25) is 0 Å². The van der Waals surface area contributed by atoms with Gasteiger partial charge in [-0.05, 0) is 67.3 Å². The number of carboxylic acids is 1. The summed E-state index contributed by atoms with van der Waals surface area (Å²) in [6.07, 6.45) is 3.04. The standard InChI is InChI=1S/C28H32FN3O6/c1-38-22-13-9-20(10-14-22)28(37)32-16-15-31(27(36)19-7-11-21(29)12-8-19)26(32)25(35)30-23(17-24(33)34)18-5-3-2-4-6-18/h7-14,18,23,26H,2-6,15-17H2,1H3,(H,30,35)(H,33,34). The molecule has 0 radical (unpaired) electrons. The molecule has 1 saturated heterocycles. The first kappa shape index (κ1) is 27.1. The van der Waals surface area contributed by atoms with Crippen LogP contribution in [0.2, 0.25) is 0 Å². The Balaban J connectivity index is 1.63. The third-order valence-corrected chi connectivity index (χ3v) is 7.30. The van der Waals surface area contributed by atoms with Gasteiger partial charge in [0.15, 0.2) is 6.17 Å². The largest absolute Gasteiger partial charge is 0.497 e. The Kier molecular flexibility index (Phi) is 8.60. The van der Waals surface area contributed by atoms with Crippen molar-refractivity contribution < 1.29 is 33.4 Å². The van der Waals surface area contributed by atoms with Gasteiger partial charge in [0, 0.05) is 30.3 Å². The molecule has 4 rings (SSSR count). The van der Waals surface area contributed by atoms with Crippen LogP contribution in [0.25, 0.3) is 0 Å². The van der Waals surface area contributed by atoms with Gasteiger partial charge in [0.1, 0.15) is 11.6 Å². The van der Waals surface area contributed by atoms with Crippen LogP contribution < -0.4 is 10.1 Å². The minimum atomic E-state index is -1.29. The molecule has 1 heterocycles. The Labute approximate surface area is 220 Å². The molecular weight excluding hydrogens is 493 g/mol. The summed E-state index contributed by atoms with van der Waals surface area (Å²) in [6, 6.07) is 10.8. The molecule has 2 fully saturated rings. The molecule has 9 nitrogen and oxygen atoms in total. The van der Waals surface area contributed by atoms with Crippen LogP contribution in [0.1, 0.15) is 59.2 Å². The van der Waals surface area contributed by atoms with Gasteiger partial charge in [0.05, 0.1) is 13.5 Å². The van der Waals surface area contributed by atoms with E-state index in [9.17, 15) is 28.7 Å². The lowest BCUT2D eigenvalue weighted by atomic mass is 9.82. The van der Waals surface area contributed by atoms with E-state index in [4.69, 9.17) is 4.74 Å². The van der Waals surface area contributed by atoms with E-state index >= 15 is 0 Å². The lowest BCUT2D eigenvalue weighted by Crippen LogP contribution is -2.56. The monoisotopic (exact) mass is 525 g/mol. The zero-order valence-electron chi connectivity index (χ0n) is 21.3. The number of carbonyl (C=O) groups is 4. The second-order valence-electron chi connectivity index (χ2n) is 9.72. The highest BCUT2D eigenvalue weighted by Gasteiger charge is 2.44. The molecular formula is C28H32FN3O6. The fourth-order valence-electron chi connectivity index (χ4n) is 5.31. The maximum atomic E-state index is 13.8. The van der Waals surface area contributed by atoms with Gasteiger partial charge in [0.25, 0.3) is 17.7 Å². The molecule has 2 aromatic carbocycles. The van der Waals surface area contributed by atoms with Gasteiger partial charge in [-0.25, -0.2) is 4.39 Å². The number of carbonyl (C=O) groups excluding carboxylic acids is 3. The number of aliphatic carboxylic acids is 1. The van der Waals surface area contributed by atoms with Crippen molar-refractivity contribution in [3.63, 3.8) is 0 Å². The Hall–Kier alpha value is -3.95. The fraction of sp³-hybridized carbons (Fsp3) is 0.429. The van der Waals surface area contributed by atoms with Gasteiger partial charge in [-0.15, -0.1) is 0 Å². The second-order valence-corrected chi connectivity index (χ2v) is 9.72. The Morgan fingerprint density at radius 1 is 0.921 bits per heavy atom. The number of methoxy groups -OCH3 is 1. The summed E-state index contributed by atoms with van der Waals surface area (Å²) >= 11 is 0. The molecule has 3 amide bonds. The molecule has 1 aliphatic carbocycles. The first-order chi connectivity index (χ1) is 18.3. The number of benzene rings is 2. The Morgan fingerprint density at radius 2 is 1.45 bits per heavy atom. The van der Waals surface area contributed by atoms with Crippen molar-refractivity contribution in [3.8, 4) is 5.75 Å². The zero-order valence-corrected chi connectivity index (χ0v) is 21.3. The number of amides is 3. The van der Waals surface area contributed by atoms with Gasteiger partial charge in [-0.3, -0.25) is 19.2 Å². The van der Waals surface area contributed by atoms with E-state index in [1.54, 1.807) is 24.3 Å². The van der Waals surface area contributed by atoms with E-state index in [2.05, 4.69) is 5.32 Å². The normalized spacial score (nSPS) is 18.6. The van der Waals surface area contributed by atoms with E-state index in [1.807, 2.05) is 0 Å². The summed E-state index contributed by atoms with van der Waals surface area (Å²) in [6.45, 7) is 0.187. The van der Waals surface area contributed by atoms with Crippen molar-refractivity contribution in [1.29, 1.82) is 0 Å². The summed E-state index contributed by atoms with van der Waals surface area (Å²) < 4.78 is 18.6. The van der Waals surface area contributed by atoms with Crippen LogP contribution in [0.3, 0.4) is 0 Å². The summed E-state index contributed by atoms with van der Waals surface area (Å²) in [5.41, 5.74) is 0.492. The number of halogens is 1. The van der Waals surface area contributed by atoms with Crippen LogP contribution >= 0.6 is 0 Å². The predicted octanol–water partition coefficient (Wildman–Crippen LogP) is 3.30. The molecule has 0 bridgehead atoms. The third-order valence-electron chi connectivity index (χ3n) is 7.30. The lowest BCUT2D eigenvalue weighted by Gasteiger charge is -2.34. The van der Waals surface area contributed by atoms with Crippen molar-refractivity contribution in [2.24, 2.45) is 5.92 Å².